The molecule has 0 aliphatic heterocycles. The molecule has 2 amide bonds. The lowest BCUT2D eigenvalue weighted by Gasteiger charge is -2.16. The van der Waals surface area contributed by atoms with Gasteiger partial charge in [-0.3, -0.25) is 9.59 Å². The molecule has 0 aliphatic rings. The van der Waals surface area contributed by atoms with Gasteiger partial charge in [0, 0.05) is 19.9 Å². The fraction of sp³-hybridized carbons (Fsp3) is 0.786. The molecular formula is C14H26N2O4. The third-order valence-corrected chi connectivity index (χ3v) is 2.79. The van der Waals surface area contributed by atoms with E-state index in [0.29, 0.717) is 25.8 Å². The van der Waals surface area contributed by atoms with E-state index in [9.17, 15) is 14.4 Å². The van der Waals surface area contributed by atoms with E-state index in [-0.39, 0.29) is 17.7 Å². The van der Waals surface area contributed by atoms with Crippen molar-refractivity contribution >= 4 is 17.8 Å². The Balaban J connectivity index is 3.80. The van der Waals surface area contributed by atoms with Crippen LogP contribution in [-0.2, 0) is 14.4 Å². The van der Waals surface area contributed by atoms with Crippen LogP contribution in [-0.4, -0.2) is 35.5 Å². The number of hydrogen-bond donors (Lipinski definition) is 3. The Bertz CT molecular complexity index is 329. The Morgan fingerprint density at radius 3 is 2.25 bits per heavy atom. The van der Waals surface area contributed by atoms with Crippen molar-refractivity contribution in [1.29, 1.82) is 0 Å². The zero-order valence-corrected chi connectivity index (χ0v) is 12.6. The first kappa shape index (κ1) is 18.4. The summed E-state index contributed by atoms with van der Waals surface area (Å²) in [7, 11) is 0. The third-order valence-electron chi connectivity index (χ3n) is 2.79. The van der Waals surface area contributed by atoms with Gasteiger partial charge < -0.3 is 15.7 Å². The fourth-order valence-corrected chi connectivity index (χ4v) is 1.81. The maximum atomic E-state index is 11.6. The summed E-state index contributed by atoms with van der Waals surface area (Å²) in [5, 5.41) is 14.2. The van der Waals surface area contributed by atoms with Crippen LogP contribution in [0, 0.1) is 5.92 Å². The average molecular weight is 286 g/mol. The van der Waals surface area contributed by atoms with E-state index < -0.39 is 12.0 Å². The number of hydrogen-bond acceptors (Lipinski definition) is 3. The Morgan fingerprint density at radius 1 is 1.10 bits per heavy atom. The molecule has 1 atom stereocenters. The third kappa shape index (κ3) is 10.3. The highest BCUT2D eigenvalue weighted by atomic mass is 16.4. The molecule has 0 bridgehead atoms. The number of carbonyl (C=O) groups excluding carboxylic acids is 2. The largest absolute Gasteiger partial charge is 0.480 e. The molecule has 6 heteroatoms. The van der Waals surface area contributed by atoms with Crippen LogP contribution in [0.2, 0.25) is 0 Å². The number of amides is 2. The molecule has 0 saturated carbocycles. The lowest BCUT2D eigenvalue weighted by molar-refractivity contribution is -0.142. The van der Waals surface area contributed by atoms with Gasteiger partial charge in [-0.15, -0.1) is 0 Å². The van der Waals surface area contributed by atoms with Crippen LogP contribution in [0.5, 0.6) is 0 Å². The second-order valence-electron chi connectivity index (χ2n) is 5.38. The number of aliphatic carboxylic acids is 1. The summed E-state index contributed by atoms with van der Waals surface area (Å²) >= 11 is 0. The van der Waals surface area contributed by atoms with Crippen molar-refractivity contribution in [2.45, 2.75) is 58.9 Å². The molecule has 20 heavy (non-hydrogen) atoms. The van der Waals surface area contributed by atoms with Gasteiger partial charge in [0.15, 0.2) is 0 Å². The summed E-state index contributed by atoms with van der Waals surface area (Å²) in [5.74, 6) is -1.05. The minimum Gasteiger partial charge on any atom is -0.480 e. The van der Waals surface area contributed by atoms with Crippen molar-refractivity contribution in [3.05, 3.63) is 0 Å². The monoisotopic (exact) mass is 286 g/mol. The molecule has 6 nitrogen and oxygen atoms in total. The van der Waals surface area contributed by atoms with Gasteiger partial charge in [0.2, 0.25) is 11.8 Å². The van der Waals surface area contributed by atoms with E-state index in [2.05, 4.69) is 10.6 Å². The predicted molar refractivity (Wildman–Crippen MR) is 76.2 cm³/mol. The van der Waals surface area contributed by atoms with Gasteiger partial charge in [0.1, 0.15) is 6.04 Å². The van der Waals surface area contributed by atoms with Crippen molar-refractivity contribution in [2.75, 3.05) is 6.54 Å². The highest BCUT2D eigenvalue weighted by Gasteiger charge is 2.20. The molecule has 0 saturated heterocycles. The number of nitrogens with one attached hydrogen (secondary N) is 2. The second kappa shape index (κ2) is 10.2. The minimum absolute atomic E-state index is 0.0549. The first-order valence-electron chi connectivity index (χ1n) is 7.09. The zero-order chi connectivity index (χ0) is 15.5. The van der Waals surface area contributed by atoms with E-state index in [4.69, 9.17) is 5.11 Å². The summed E-state index contributed by atoms with van der Waals surface area (Å²) in [6.07, 6.45) is 3.10. The Morgan fingerprint density at radius 2 is 1.75 bits per heavy atom. The van der Waals surface area contributed by atoms with Crippen LogP contribution in [0.15, 0.2) is 0 Å². The Kier molecular flexibility index (Phi) is 9.41. The molecule has 3 N–H and O–H groups in total. The molecule has 0 aliphatic carbocycles. The van der Waals surface area contributed by atoms with E-state index >= 15 is 0 Å². The standard InChI is InChI=1S/C14H26N2O4/c1-10(2)9-12(14(19)20)16-13(18)7-5-4-6-8-15-11(3)17/h10,12H,4-9H2,1-3H3,(H,15,17)(H,16,18)(H,19,20). The molecule has 0 aromatic carbocycles. The molecular weight excluding hydrogens is 260 g/mol. The average Bonchev–Trinajstić information content (AvgIpc) is 2.31. The highest BCUT2D eigenvalue weighted by molar-refractivity contribution is 5.83. The van der Waals surface area contributed by atoms with Gasteiger partial charge >= 0.3 is 5.97 Å². The number of carboxylic acid groups (broad SMARTS) is 1. The van der Waals surface area contributed by atoms with Crippen LogP contribution in [0.25, 0.3) is 0 Å². The summed E-state index contributed by atoms with van der Waals surface area (Å²) in [4.78, 5) is 33.3. The summed E-state index contributed by atoms with van der Waals surface area (Å²) in [5.41, 5.74) is 0. The van der Waals surface area contributed by atoms with E-state index in [1.165, 1.54) is 6.92 Å². The maximum absolute atomic E-state index is 11.6. The van der Waals surface area contributed by atoms with Crippen molar-refractivity contribution in [3.8, 4) is 0 Å². The quantitative estimate of drug-likeness (QED) is 0.527. The van der Waals surface area contributed by atoms with E-state index in [1.54, 1.807) is 0 Å². The molecule has 0 fully saturated rings. The van der Waals surface area contributed by atoms with Crippen LogP contribution in [0.4, 0.5) is 0 Å². The predicted octanol–water partition coefficient (Wildman–Crippen LogP) is 1.30. The van der Waals surface area contributed by atoms with Gasteiger partial charge in [-0.25, -0.2) is 4.79 Å². The van der Waals surface area contributed by atoms with Crippen molar-refractivity contribution in [2.24, 2.45) is 5.92 Å². The van der Waals surface area contributed by atoms with Crippen molar-refractivity contribution in [1.82, 2.24) is 10.6 Å². The maximum Gasteiger partial charge on any atom is 0.326 e. The molecule has 0 aromatic rings. The summed E-state index contributed by atoms with van der Waals surface area (Å²) < 4.78 is 0. The Hall–Kier alpha value is -1.59. The van der Waals surface area contributed by atoms with E-state index in [1.807, 2.05) is 13.8 Å². The Labute approximate surface area is 120 Å². The first-order valence-corrected chi connectivity index (χ1v) is 7.09. The smallest absolute Gasteiger partial charge is 0.326 e. The molecule has 1 unspecified atom stereocenters. The number of unbranched alkanes of at least 4 members (excludes halogenated alkanes) is 2. The van der Waals surface area contributed by atoms with Gasteiger partial charge in [-0.1, -0.05) is 20.3 Å². The number of carboxylic acids is 1. The number of rotatable bonds is 10. The fourth-order valence-electron chi connectivity index (χ4n) is 1.81. The summed E-state index contributed by atoms with van der Waals surface area (Å²) in [6.45, 7) is 5.92. The lowest BCUT2D eigenvalue weighted by Crippen LogP contribution is -2.41. The first-order chi connectivity index (χ1) is 9.32. The molecule has 0 radical (unpaired) electrons. The normalized spacial score (nSPS) is 12.0. The van der Waals surface area contributed by atoms with Gasteiger partial charge in [0.25, 0.3) is 0 Å². The molecule has 0 rings (SSSR count). The van der Waals surface area contributed by atoms with Crippen molar-refractivity contribution in [3.63, 3.8) is 0 Å². The van der Waals surface area contributed by atoms with Crippen LogP contribution < -0.4 is 10.6 Å². The number of carbonyl (C=O) groups is 3. The highest BCUT2D eigenvalue weighted by Crippen LogP contribution is 2.06. The van der Waals surface area contributed by atoms with Crippen LogP contribution in [0.1, 0.15) is 52.9 Å². The minimum atomic E-state index is -0.988. The zero-order valence-electron chi connectivity index (χ0n) is 12.6. The molecule has 0 spiro atoms. The SMILES string of the molecule is CC(=O)NCCCCCC(=O)NC(CC(C)C)C(=O)O. The molecule has 116 valence electrons. The summed E-state index contributed by atoms with van der Waals surface area (Å²) in [6, 6.07) is -0.804. The molecule has 0 heterocycles. The van der Waals surface area contributed by atoms with Crippen molar-refractivity contribution < 1.29 is 19.5 Å². The topological polar surface area (TPSA) is 95.5 Å². The van der Waals surface area contributed by atoms with Crippen LogP contribution >= 0.6 is 0 Å². The van der Waals surface area contributed by atoms with Gasteiger partial charge in [-0.2, -0.15) is 0 Å². The second-order valence-corrected chi connectivity index (χ2v) is 5.38. The lowest BCUT2D eigenvalue weighted by atomic mass is 10.0. The van der Waals surface area contributed by atoms with Crippen LogP contribution in [0.3, 0.4) is 0 Å². The van der Waals surface area contributed by atoms with E-state index in [0.717, 1.165) is 12.8 Å². The van der Waals surface area contributed by atoms with Gasteiger partial charge in [0.05, 0.1) is 0 Å². The molecule has 0 aromatic heterocycles. The van der Waals surface area contributed by atoms with Gasteiger partial charge in [-0.05, 0) is 25.2 Å².